The van der Waals surface area contributed by atoms with E-state index in [1.165, 1.54) is 35.1 Å². The Hall–Kier alpha value is -0.320. The van der Waals surface area contributed by atoms with Crippen molar-refractivity contribution in [3.63, 3.8) is 0 Å². The first-order chi connectivity index (χ1) is 12.5. The highest BCUT2D eigenvalue weighted by Gasteiger charge is 2.45. The maximum absolute atomic E-state index is 9.64. The lowest BCUT2D eigenvalue weighted by Gasteiger charge is -2.54. The van der Waals surface area contributed by atoms with Crippen LogP contribution in [0.1, 0.15) is 0 Å². The molecule has 152 valence electrons. The number of nitrogens with zero attached hydrogens (tertiary/aromatic N) is 4. The van der Waals surface area contributed by atoms with Crippen molar-refractivity contribution in [2.24, 2.45) is 0 Å². The smallest absolute Gasteiger partial charge is 0.129 e. The lowest BCUT2D eigenvalue weighted by atomic mass is 10.1. The standard InChI is InChI=1S/C18H38N4O4/c23-15-17(25)13-19-1-5-21(6-2-19)9-11-22(12-10-21)7-3-20(4-8-22)14-18(26)16-24/h17-18,23-26H,1-16H2/q+2. The number of aliphatic hydroxyl groups excluding tert-OH is 4. The summed E-state index contributed by atoms with van der Waals surface area (Å²) in [5, 5.41) is 37.3. The lowest BCUT2D eigenvalue weighted by Crippen LogP contribution is -2.73. The van der Waals surface area contributed by atoms with Crippen molar-refractivity contribution in [3.05, 3.63) is 0 Å². The third-order valence-corrected chi connectivity index (χ3v) is 7.02. The van der Waals surface area contributed by atoms with Crippen LogP contribution in [0.3, 0.4) is 0 Å². The van der Waals surface area contributed by atoms with Gasteiger partial charge < -0.3 is 29.4 Å². The summed E-state index contributed by atoms with van der Waals surface area (Å²) in [7, 11) is 0. The zero-order valence-corrected chi connectivity index (χ0v) is 16.0. The Bertz CT molecular complexity index is 385. The molecule has 0 aromatic heterocycles. The Morgan fingerprint density at radius 3 is 1.15 bits per heavy atom. The van der Waals surface area contributed by atoms with Gasteiger partial charge in [0.1, 0.15) is 26.2 Å². The first kappa shape index (κ1) is 20.4. The van der Waals surface area contributed by atoms with Gasteiger partial charge in [0.2, 0.25) is 0 Å². The molecule has 0 bridgehead atoms. The maximum atomic E-state index is 9.64. The molecule has 0 aromatic rings. The van der Waals surface area contributed by atoms with E-state index in [0.717, 1.165) is 52.4 Å². The van der Waals surface area contributed by atoms with Crippen molar-refractivity contribution in [1.82, 2.24) is 9.80 Å². The highest BCUT2D eigenvalue weighted by molar-refractivity contribution is 4.72. The Morgan fingerprint density at radius 1 is 0.577 bits per heavy atom. The molecule has 3 aliphatic heterocycles. The third kappa shape index (κ3) is 4.94. The van der Waals surface area contributed by atoms with Crippen LogP contribution in [0.4, 0.5) is 0 Å². The van der Waals surface area contributed by atoms with Gasteiger partial charge in [0.25, 0.3) is 0 Å². The fourth-order valence-corrected chi connectivity index (χ4v) is 4.90. The van der Waals surface area contributed by atoms with Gasteiger partial charge in [-0.2, -0.15) is 0 Å². The van der Waals surface area contributed by atoms with Crippen LogP contribution in [-0.4, -0.2) is 156 Å². The molecule has 0 amide bonds. The van der Waals surface area contributed by atoms with E-state index in [2.05, 4.69) is 9.80 Å². The van der Waals surface area contributed by atoms with Crippen molar-refractivity contribution >= 4 is 0 Å². The minimum Gasteiger partial charge on any atom is -0.394 e. The van der Waals surface area contributed by atoms with Gasteiger partial charge in [-0.15, -0.1) is 0 Å². The average molecular weight is 375 g/mol. The number of quaternary nitrogens is 2. The maximum Gasteiger partial charge on any atom is 0.129 e. The molecular weight excluding hydrogens is 336 g/mol. The molecule has 3 fully saturated rings. The molecule has 26 heavy (non-hydrogen) atoms. The SMILES string of the molecule is OCC(O)CN1CC[N+]2(CC1)CC[N+]1(CCN(CC(O)CO)CC1)CC2. The summed E-state index contributed by atoms with van der Waals surface area (Å²) < 4.78 is 2.44. The van der Waals surface area contributed by atoms with E-state index >= 15 is 0 Å². The number of piperazine rings is 3. The first-order valence-corrected chi connectivity index (χ1v) is 10.2. The molecule has 2 atom stereocenters. The van der Waals surface area contributed by atoms with Gasteiger partial charge in [-0.1, -0.05) is 0 Å². The average Bonchev–Trinajstić information content (AvgIpc) is 2.68. The van der Waals surface area contributed by atoms with Crippen LogP contribution in [0, 0.1) is 0 Å². The molecule has 3 saturated heterocycles. The molecular formula is C18H38N4O4+2. The van der Waals surface area contributed by atoms with Gasteiger partial charge in [0.15, 0.2) is 0 Å². The Labute approximate surface area is 157 Å². The Balaban J connectivity index is 1.42. The molecule has 8 heteroatoms. The summed E-state index contributed by atoms with van der Waals surface area (Å²) in [4.78, 5) is 4.57. The van der Waals surface area contributed by atoms with E-state index in [4.69, 9.17) is 10.2 Å². The lowest BCUT2D eigenvalue weighted by molar-refractivity contribution is -1.03. The van der Waals surface area contributed by atoms with Crippen molar-refractivity contribution < 1.29 is 29.4 Å². The summed E-state index contributed by atoms with van der Waals surface area (Å²) in [6.45, 7) is 14.6. The molecule has 0 radical (unpaired) electrons. The summed E-state index contributed by atoms with van der Waals surface area (Å²) in [5.41, 5.74) is 0. The topological polar surface area (TPSA) is 87.4 Å². The van der Waals surface area contributed by atoms with E-state index in [0.29, 0.717) is 13.1 Å². The van der Waals surface area contributed by atoms with Crippen molar-refractivity contribution in [2.75, 3.05) is 105 Å². The number of β-amino-alcohol motifs (C(OH)–C–C–N with tert-alkyl or cyclic N) is 2. The van der Waals surface area contributed by atoms with E-state index in [1.54, 1.807) is 0 Å². The number of hydrogen-bond donors (Lipinski definition) is 4. The van der Waals surface area contributed by atoms with E-state index < -0.39 is 12.2 Å². The van der Waals surface area contributed by atoms with Gasteiger partial charge in [0, 0.05) is 39.3 Å². The van der Waals surface area contributed by atoms with Gasteiger partial charge in [-0.3, -0.25) is 9.80 Å². The quantitative estimate of drug-likeness (QED) is 0.370. The predicted molar refractivity (Wildman–Crippen MR) is 98.5 cm³/mol. The Morgan fingerprint density at radius 2 is 0.885 bits per heavy atom. The second-order valence-electron chi connectivity index (χ2n) is 8.75. The molecule has 2 spiro atoms. The first-order valence-electron chi connectivity index (χ1n) is 10.2. The van der Waals surface area contributed by atoms with E-state index in [-0.39, 0.29) is 13.2 Å². The van der Waals surface area contributed by atoms with Crippen molar-refractivity contribution in [1.29, 1.82) is 0 Å². The van der Waals surface area contributed by atoms with Gasteiger partial charge in [-0.25, -0.2) is 0 Å². The van der Waals surface area contributed by atoms with Gasteiger partial charge in [0.05, 0.1) is 51.6 Å². The molecule has 3 heterocycles. The second kappa shape index (κ2) is 8.79. The molecule has 0 saturated carbocycles. The van der Waals surface area contributed by atoms with Crippen LogP contribution in [0.15, 0.2) is 0 Å². The fourth-order valence-electron chi connectivity index (χ4n) is 4.90. The normalized spacial score (nSPS) is 29.1. The van der Waals surface area contributed by atoms with Crippen LogP contribution < -0.4 is 0 Å². The van der Waals surface area contributed by atoms with Crippen LogP contribution in [0.2, 0.25) is 0 Å². The van der Waals surface area contributed by atoms with Crippen LogP contribution >= 0.6 is 0 Å². The van der Waals surface area contributed by atoms with E-state index in [1.807, 2.05) is 0 Å². The number of hydrogen-bond acceptors (Lipinski definition) is 6. The van der Waals surface area contributed by atoms with Crippen molar-refractivity contribution in [3.8, 4) is 0 Å². The number of rotatable bonds is 6. The molecule has 3 rings (SSSR count). The molecule has 0 aromatic carbocycles. The molecule has 3 aliphatic rings. The summed E-state index contributed by atoms with van der Waals surface area (Å²) >= 11 is 0. The van der Waals surface area contributed by atoms with E-state index in [9.17, 15) is 10.2 Å². The predicted octanol–water partition coefficient (Wildman–Crippen LogP) is -3.03. The van der Waals surface area contributed by atoms with Crippen LogP contribution in [-0.2, 0) is 0 Å². The van der Waals surface area contributed by atoms with Crippen LogP contribution in [0.5, 0.6) is 0 Å². The van der Waals surface area contributed by atoms with Gasteiger partial charge >= 0.3 is 0 Å². The Kier molecular flexibility index (Phi) is 6.90. The summed E-state index contributed by atoms with van der Waals surface area (Å²) in [6.07, 6.45) is -1.23. The minimum absolute atomic E-state index is 0.150. The zero-order valence-electron chi connectivity index (χ0n) is 16.0. The van der Waals surface area contributed by atoms with Gasteiger partial charge in [-0.05, 0) is 0 Å². The number of aliphatic hydroxyl groups is 4. The second-order valence-corrected chi connectivity index (χ2v) is 8.75. The highest BCUT2D eigenvalue weighted by atomic mass is 16.3. The van der Waals surface area contributed by atoms with Crippen molar-refractivity contribution in [2.45, 2.75) is 12.2 Å². The highest BCUT2D eigenvalue weighted by Crippen LogP contribution is 2.24. The third-order valence-electron chi connectivity index (χ3n) is 7.02. The molecule has 8 nitrogen and oxygen atoms in total. The zero-order chi connectivity index (χ0) is 18.6. The molecule has 4 N–H and O–H groups in total. The fraction of sp³-hybridized carbons (Fsp3) is 1.00. The molecule has 0 aliphatic carbocycles. The largest absolute Gasteiger partial charge is 0.394 e. The van der Waals surface area contributed by atoms with Crippen LogP contribution in [0.25, 0.3) is 0 Å². The summed E-state index contributed by atoms with van der Waals surface area (Å²) in [5.74, 6) is 0. The minimum atomic E-state index is -0.614. The summed E-state index contributed by atoms with van der Waals surface area (Å²) in [6, 6.07) is 0. The molecule has 2 unspecified atom stereocenters. The monoisotopic (exact) mass is 374 g/mol.